The maximum atomic E-state index is 12.3. The fourth-order valence-electron chi connectivity index (χ4n) is 2.90. The van der Waals surface area contributed by atoms with Crippen molar-refractivity contribution in [3.8, 4) is 5.75 Å². The molecule has 0 bridgehead atoms. The maximum Gasteiger partial charge on any atom is 0.573 e. The van der Waals surface area contributed by atoms with E-state index in [1.165, 1.54) is 0 Å². The summed E-state index contributed by atoms with van der Waals surface area (Å²) in [6, 6.07) is 3.75. The number of nitrogens with zero attached hydrogens (tertiary/aromatic N) is 2. The standard InChI is InChI=1S/C18H24F3N3O5S/c1-13(2)17(26)24-11-9-23(10-12-24)16(25)7-8-22-30(27,28)15-5-3-14(4-6-15)29-18(19,20)21/h3-6,13,22H,7-12H2,1-2H3. The number of alkyl halides is 3. The summed E-state index contributed by atoms with van der Waals surface area (Å²) in [7, 11) is -3.99. The van der Waals surface area contributed by atoms with Crippen LogP contribution < -0.4 is 9.46 Å². The monoisotopic (exact) mass is 451 g/mol. The Morgan fingerprint density at radius 2 is 1.60 bits per heavy atom. The van der Waals surface area contributed by atoms with Crippen molar-refractivity contribution in [2.24, 2.45) is 5.92 Å². The molecule has 2 amide bonds. The lowest BCUT2D eigenvalue weighted by atomic mass is 10.1. The molecule has 8 nitrogen and oxygen atoms in total. The Hall–Kier alpha value is -2.34. The van der Waals surface area contributed by atoms with Gasteiger partial charge in [0.05, 0.1) is 4.90 Å². The van der Waals surface area contributed by atoms with Gasteiger partial charge in [0.2, 0.25) is 21.8 Å². The molecule has 1 aromatic carbocycles. The number of carbonyl (C=O) groups is 2. The number of carbonyl (C=O) groups excluding carboxylic acids is 2. The van der Waals surface area contributed by atoms with Gasteiger partial charge in [-0.15, -0.1) is 13.2 Å². The van der Waals surface area contributed by atoms with Gasteiger partial charge in [-0.05, 0) is 24.3 Å². The van der Waals surface area contributed by atoms with Gasteiger partial charge in [0, 0.05) is 45.1 Å². The van der Waals surface area contributed by atoms with E-state index in [-0.39, 0.29) is 35.6 Å². The third-order valence-electron chi connectivity index (χ3n) is 4.44. The molecule has 0 aromatic heterocycles. The summed E-state index contributed by atoms with van der Waals surface area (Å²) >= 11 is 0. The fourth-order valence-corrected chi connectivity index (χ4v) is 3.93. The number of benzene rings is 1. The zero-order chi connectivity index (χ0) is 22.5. The number of amides is 2. The molecule has 1 saturated heterocycles. The van der Waals surface area contributed by atoms with Crippen molar-refractivity contribution in [3.05, 3.63) is 24.3 Å². The largest absolute Gasteiger partial charge is 0.573 e. The summed E-state index contributed by atoms with van der Waals surface area (Å²) in [5.74, 6) is -0.868. The van der Waals surface area contributed by atoms with Gasteiger partial charge in [0.1, 0.15) is 5.75 Å². The van der Waals surface area contributed by atoms with E-state index in [9.17, 15) is 31.2 Å². The van der Waals surface area contributed by atoms with Crippen LogP contribution in [-0.4, -0.2) is 69.1 Å². The molecule has 12 heteroatoms. The van der Waals surface area contributed by atoms with Crippen molar-refractivity contribution < 1.29 is 35.9 Å². The number of ether oxygens (including phenoxy) is 1. The van der Waals surface area contributed by atoms with Gasteiger partial charge in [0.25, 0.3) is 0 Å². The molecule has 1 aliphatic rings. The van der Waals surface area contributed by atoms with Crippen LogP contribution in [-0.2, 0) is 19.6 Å². The molecule has 1 N–H and O–H groups in total. The molecule has 1 heterocycles. The van der Waals surface area contributed by atoms with Crippen molar-refractivity contribution in [2.45, 2.75) is 31.5 Å². The molecule has 0 unspecified atom stereocenters. The summed E-state index contributed by atoms with van der Waals surface area (Å²) in [6.07, 6.45) is -4.95. The lowest BCUT2D eigenvalue weighted by Crippen LogP contribution is -2.51. The summed E-state index contributed by atoms with van der Waals surface area (Å²) in [5, 5.41) is 0. The number of rotatable bonds is 7. The Morgan fingerprint density at radius 1 is 1.07 bits per heavy atom. The zero-order valence-electron chi connectivity index (χ0n) is 16.6. The predicted molar refractivity (Wildman–Crippen MR) is 101 cm³/mol. The minimum absolute atomic E-state index is 0.0292. The van der Waals surface area contributed by atoms with E-state index in [1.54, 1.807) is 9.80 Å². The van der Waals surface area contributed by atoms with Gasteiger partial charge in [-0.25, -0.2) is 13.1 Å². The second-order valence-corrected chi connectivity index (χ2v) is 8.79. The number of sulfonamides is 1. The molecular weight excluding hydrogens is 427 g/mol. The van der Waals surface area contributed by atoms with Gasteiger partial charge in [-0.2, -0.15) is 0 Å². The van der Waals surface area contributed by atoms with Crippen molar-refractivity contribution in [1.82, 2.24) is 14.5 Å². The maximum absolute atomic E-state index is 12.3. The summed E-state index contributed by atoms with van der Waals surface area (Å²) in [4.78, 5) is 27.3. The van der Waals surface area contributed by atoms with Crippen LogP contribution in [0.25, 0.3) is 0 Å². The lowest BCUT2D eigenvalue weighted by Gasteiger charge is -2.35. The highest BCUT2D eigenvalue weighted by molar-refractivity contribution is 7.89. The van der Waals surface area contributed by atoms with Crippen LogP contribution in [0.3, 0.4) is 0 Å². The number of hydrogen-bond acceptors (Lipinski definition) is 5. The zero-order valence-corrected chi connectivity index (χ0v) is 17.4. The molecule has 0 saturated carbocycles. The Balaban J connectivity index is 1.81. The quantitative estimate of drug-likeness (QED) is 0.679. The number of hydrogen-bond donors (Lipinski definition) is 1. The SMILES string of the molecule is CC(C)C(=O)N1CCN(C(=O)CCNS(=O)(=O)c2ccc(OC(F)(F)F)cc2)CC1. The summed E-state index contributed by atoms with van der Waals surface area (Å²) in [6.45, 7) is 5.08. The van der Waals surface area contributed by atoms with E-state index in [0.717, 1.165) is 24.3 Å². The smallest absolute Gasteiger partial charge is 0.406 e. The van der Waals surface area contributed by atoms with E-state index >= 15 is 0 Å². The van der Waals surface area contributed by atoms with Crippen LogP contribution in [0.4, 0.5) is 13.2 Å². The Morgan fingerprint density at radius 3 is 2.10 bits per heavy atom. The van der Waals surface area contributed by atoms with Crippen LogP contribution in [0.1, 0.15) is 20.3 Å². The van der Waals surface area contributed by atoms with Crippen LogP contribution in [0.5, 0.6) is 5.75 Å². The molecule has 2 rings (SSSR count). The molecule has 0 atom stereocenters. The lowest BCUT2D eigenvalue weighted by molar-refractivity contribution is -0.274. The molecular formula is C18H24F3N3O5S. The molecule has 168 valence electrons. The Kier molecular flexibility index (Phi) is 7.70. The first-order valence-corrected chi connectivity index (χ1v) is 10.8. The van der Waals surface area contributed by atoms with E-state index in [4.69, 9.17) is 0 Å². The van der Waals surface area contributed by atoms with Gasteiger partial charge in [0.15, 0.2) is 0 Å². The Labute approximate surface area is 173 Å². The van der Waals surface area contributed by atoms with E-state index in [0.29, 0.717) is 26.2 Å². The third kappa shape index (κ3) is 6.87. The highest BCUT2D eigenvalue weighted by atomic mass is 32.2. The van der Waals surface area contributed by atoms with Gasteiger partial charge < -0.3 is 14.5 Å². The van der Waals surface area contributed by atoms with Crippen molar-refractivity contribution >= 4 is 21.8 Å². The number of nitrogens with one attached hydrogen (secondary N) is 1. The molecule has 0 radical (unpaired) electrons. The van der Waals surface area contributed by atoms with Crippen LogP contribution in [0.2, 0.25) is 0 Å². The highest BCUT2D eigenvalue weighted by Gasteiger charge is 2.31. The number of piperazine rings is 1. The van der Waals surface area contributed by atoms with Crippen molar-refractivity contribution in [2.75, 3.05) is 32.7 Å². The number of halogens is 3. The molecule has 1 aromatic rings. The summed E-state index contributed by atoms with van der Waals surface area (Å²) < 4.78 is 66.9. The van der Waals surface area contributed by atoms with E-state index < -0.39 is 22.1 Å². The average molecular weight is 451 g/mol. The molecule has 1 aliphatic heterocycles. The first-order chi connectivity index (χ1) is 13.9. The second-order valence-electron chi connectivity index (χ2n) is 7.03. The van der Waals surface area contributed by atoms with Crippen molar-refractivity contribution in [3.63, 3.8) is 0 Å². The van der Waals surface area contributed by atoms with Crippen molar-refractivity contribution in [1.29, 1.82) is 0 Å². The van der Waals surface area contributed by atoms with Gasteiger partial charge >= 0.3 is 6.36 Å². The molecule has 0 aliphatic carbocycles. The van der Waals surface area contributed by atoms with E-state index in [1.807, 2.05) is 13.8 Å². The minimum Gasteiger partial charge on any atom is -0.406 e. The molecule has 1 fully saturated rings. The minimum atomic E-state index is -4.87. The second kappa shape index (κ2) is 9.65. The topological polar surface area (TPSA) is 96.0 Å². The van der Waals surface area contributed by atoms with Crippen LogP contribution in [0.15, 0.2) is 29.2 Å². The first-order valence-electron chi connectivity index (χ1n) is 9.31. The fraction of sp³-hybridized carbons (Fsp3) is 0.556. The normalized spacial score (nSPS) is 15.4. The average Bonchev–Trinajstić information content (AvgIpc) is 2.66. The van der Waals surface area contributed by atoms with Crippen LogP contribution in [0, 0.1) is 5.92 Å². The van der Waals surface area contributed by atoms with E-state index in [2.05, 4.69) is 9.46 Å². The molecule has 0 spiro atoms. The van der Waals surface area contributed by atoms with Crippen LogP contribution >= 0.6 is 0 Å². The molecule has 30 heavy (non-hydrogen) atoms. The van der Waals surface area contributed by atoms with Gasteiger partial charge in [-0.3, -0.25) is 9.59 Å². The first kappa shape index (κ1) is 23.9. The predicted octanol–water partition coefficient (Wildman–Crippen LogP) is 1.58. The summed E-state index contributed by atoms with van der Waals surface area (Å²) in [5.41, 5.74) is 0. The third-order valence-corrected chi connectivity index (χ3v) is 5.91. The van der Waals surface area contributed by atoms with Gasteiger partial charge in [-0.1, -0.05) is 13.8 Å². The Bertz CT molecular complexity index is 849. The highest BCUT2D eigenvalue weighted by Crippen LogP contribution is 2.23.